The van der Waals surface area contributed by atoms with Crippen LogP contribution in [0, 0.1) is 5.82 Å². The molecule has 134 valence electrons. The Morgan fingerprint density at radius 1 is 1.00 bits per heavy atom. The Labute approximate surface area is 154 Å². The zero-order valence-electron chi connectivity index (χ0n) is 14.4. The van der Waals surface area contributed by atoms with Gasteiger partial charge in [0.1, 0.15) is 11.6 Å². The minimum atomic E-state index is -0.298. The van der Waals surface area contributed by atoms with E-state index in [0.717, 1.165) is 24.1 Å². The van der Waals surface area contributed by atoms with Crippen LogP contribution in [0.5, 0.6) is 0 Å². The fraction of sp³-hybridized carbons (Fsp3) is 0.150. The molecule has 7 heteroatoms. The summed E-state index contributed by atoms with van der Waals surface area (Å²) >= 11 is 0. The lowest BCUT2D eigenvalue weighted by molar-refractivity contribution is 0.628. The molecule has 0 radical (unpaired) electrons. The monoisotopic (exact) mass is 360 g/mol. The molecule has 0 aliphatic heterocycles. The molecule has 3 N–H and O–H groups in total. The molecule has 27 heavy (non-hydrogen) atoms. The minimum Gasteiger partial charge on any atom is -0.383 e. The van der Waals surface area contributed by atoms with E-state index in [1.165, 1.54) is 12.1 Å². The second-order valence-electron chi connectivity index (χ2n) is 6.65. The van der Waals surface area contributed by atoms with Gasteiger partial charge in [-0.15, -0.1) is 5.10 Å². The van der Waals surface area contributed by atoms with Crippen LogP contribution in [0.4, 0.5) is 16.2 Å². The number of nitrogens with one attached hydrogen (secondary N) is 1. The summed E-state index contributed by atoms with van der Waals surface area (Å²) < 4.78 is 15.1. The molecule has 2 aromatic heterocycles. The van der Waals surface area contributed by atoms with Gasteiger partial charge in [-0.2, -0.15) is 4.98 Å². The highest BCUT2D eigenvalue weighted by Crippen LogP contribution is 2.33. The first kappa shape index (κ1) is 15.7. The number of anilines is 2. The first-order valence-corrected chi connectivity index (χ1v) is 8.83. The van der Waals surface area contributed by atoms with Crippen LogP contribution in [0.15, 0.2) is 54.6 Å². The van der Waals surface area contributed by atoms with Crippen molar-refractivity contribution < 1.29 is 4.39 Å². The highest BCUT2D eigenvalue weighted by atomic mass is 19.1. The summed E-state index contributed by atoms with van der Waals surface area (Å²) in [5, 5.41) is 8.57. The minimum absolute atomic E-state index is 0.298. The van der Waals surface area contributed by atoms with E-state index in [-0.39, 0.29) is 5.82 Å². The quantitative estimate of drug-likeness (QED) is 0.579. The van der Waals surface area contributed by atoms with Gasteiger partial charge in [0.2, 0.25) is 5.95 Å². The standard InChI is InChI=1S/C20H17FN6/c21-13-8-6-12(7-9-13)17-16-18(22)27(15-4-2-1-3-5-15)26-19(16)25-20(24-17)23-14-10-11-14/h1-9,14H,10-11,22H2,(H,23,25,26). The van der Waals surface area contributed by atoms with Gasteiger partial charge in [0.05, 0.1) is 16.8 Å². The topological polar surface area (TPSA) is 81.7 Å². The number of nitrogen functional groups attached to an aromatic ring is 1. The first-order chi connectivity index (χ1) is 13.2. The number of aromatic nitrogens is 4. The molecule has 0 atom stereocenters. The van der Waals surface area contributed by atoms with Gasteiger partial charge in [0.25, 0.3) is 0 Å². The lowest BCUT2D eigenvalue weighted by Crippen LogP contribution is -2.06. The van der Waals surface area contributed by atoms with Crippen LogP contribution in [0.2, 0.25) is 0 Å². The highest BCUT2D eigenvalue weighted by molar-refractivity contribution is 5.99. The van der Waals surface area contributed by atoms with Crippen molar-refractivity contribution in [2.45, 2.75) is 18.9 Å². The van der Waals surface area contributed by atoms with Crippen molar-refractivity contribution in [2.24, 2.45) is 0 Å². The number of para-hydroxylation sites is 1. The molecule has 0 bridgehead atoms. The van der Waals surface area contributed by atoms with Crippen molar-refractivity contribution in [1.29, 1.82) is 0 Å². The second-order valence-corrected chi connectivity index (χ2v) is 6.65. The molecule has 1 fully saturated rings. The summed E-state index contributed by atoms with van der Waals surface area (Å²) in [6.45, 7) is 0. The third kappa shape index (κ3) is 2.87. The smallest absolute Gasteiger partial charge is 0.225 e. The summed E-state index contributed by atoms with van der Waals surface area (Å²) in [6.07, 6.45) is 2.21. The SMILES string of the molecule is Nc1c2c(-c3ccc(F)cc3)nc(NC3CC3)nc2nn1-c1ccccc1. The van der Waals surface area contributed by atoms with Gasteiger partial charge < -0.3 is 11.1 Å². The van der Waals surface area contributed by atoms with Crippen molar-refractivity contribution >= 4 is 22.8 Å². The maximum Gasteiger partial charge on any atom is 0.225 e. The molecule has 2 aromatic carbocycles. The molecular weight excluding hydrogens is 343 g/mol. The van der Waals surface area contributed by atoms with Crippen molar-refractivity contribution in [2.75, 3.05) is 11.1 Å². The lowest BCUT2D eigenvalue weighted by atomic mass is 10.1. The molecule has 5 rings (SSSR count). The fourth-order valence-corrected chi connectivity index (χ4v) is 3.07. The van der Waals surface area contributed by atoms with Crippen LogP contribution in [0.25, 0.3) is 28.0 Å². The molecule has 0 spiro atoms. The van der Waals surface area contributed by atoms with Crippen LogP contribution in [-0.4, -0.2) is 25.8 Å². The van der Waals surface area contributed by atoms with E-state index in [1.54, 1.807) is 16.8 Å². The van der Waals surface area contributed by atoms with Crippen molar-refractivity contribution in [3.05, 3.63) is 60.4 Å². The van der Waals surface area contributed by atoms with Gasteiger partial charge in [-0.25, -0.2) is 14.1 Å². The zero-order chi connectivity index (χ0) is 18.4. The highest BCUT2D eigenvalue weighted by Gasteiger charge is 2.24. The largest absolute Gasteiger partial charge is 0.383 e. The van der Waals surface area contributed by atoms with Gasteiger partial charge >= 0.3 is 0 Å². The summed E-state index contributed by atoms with van der Waals surface area (Å²) in [6, 6.07) is 16.2. The van der Waals surface area contributed by atoms with Crippen LogP contribution >= 0.6 is 0 Å². The lowest BCUT2D eigenvalue weighted by Gasteiger charge is -2.08. The van der Waals surface area contributed by atoms with Crippen molar-refractivity contribution in [3.63, 3.8) is 0 Å². The number of benzene rings is 2. The van der Waals surface area contributed by atoms with Gasteiger partial charge in [-0.1, -0.05) is 18.2 Å². The molecule has 1 saturated carbocycles. The van der Waals surface area contributed by atoms with Crippen LogP contribution in [0.3, 0.4) is 0 Å². The molecule has 0 amide bonds. The number of halogens is 1. The van der Waals surface area contributed by atoms with E-state index >= 15 is 0 Å². The molecule has 4 aromatic rings. The molecule has 1 aliphatic carbocycles. The van der Waals surface area contributed by atoms with Crippen LogP contribution in [0.1, 0.15) is 12.8 Å². The maximum atomic E-state index is 13.4. The number of hydrogen-bond acceptors (Lipinski definition) is 5. The Balaban J connectivity index is 1.74. The Hall–Kier alpha value is -3.48. The molecule has 6 nitrogen and oxygen atoms in total. The average Bonchev–Trinajstić information content (AvgIpc) is 3.44. The molecular formula is C20H17FN6. The van der Waals surface area contributed by atoms with Gasteiger partial charge in [-0.3, -0.25) is 0 Å². The van der Waals surface area contributed by atoms with E-state index in [1.807, 2.05) is 30.3 Å². The normalized spacial score (nSPS) is 13.8. The van der Waals surface area contributed by atoms with Gasteiger partial charge in [0, 0.05) is 11.6 Å². The molecule has 2 heterocycles. The van der Waals surface area contributed by atoms with E-state index in [2.05, 4.69) is 20.4 Å². The number of hydrogen-bond donors (Lipinski definition) is 2. The summed E-state index contributed by atoms with van der Waals surface area (Å²) in [5.41, 5.74) is 9.19. The van der Waals surface area contributed by atoms with Gasteiger partial charge in [0.15, 0.2) is 5.65 Å². The maximum absolute atomic E-state index is 13.4. The van der Waals surface area contributed by atoms with E-state index in [0.29, 0.717) is 34.5 Å². The van der Waals surface area contributed by atoms with Crippen molar-refractivity contribution in [3.8, 4) is 16.9 Å². The van der Waals surface area contributed by atoms with E-state index in [9.17, 15) is 4.39 Å². The van der Waals surface area contributed by atoms with Crippen LogP contribution in [-0.2, 0) is 0 Å². The number of rotatable bonds is 4. The fourth-order valence-electron chi connectivity index (χ4n) is 3.07. The van der Waals surface area contributed by atoms with Crippen LogP contribution < -0.4 is 11.1 Å². The molecule has 0 unspecified atom stereocenters. The summed E-state index contributed by atoms with van der Waals surface area (Å²) in [4.78, 5) is 9.23. The third-order valence-corrected chi connectivity index (χ3v) is 4.60. The van der Waals surface area contributed by atoms with Gasteiger partial charge in [-0.05, 0) is 49.2 Å². The predicted octanol–water partition coefficient (Wildman–Crippen LogP) is 3.78. The Morgan fingerprint density at radius 3 is 2.44 bits per heavy atom. The first-order valence-electron chi connectivity index (χ1n) is 8.83. The number of fused-ring (bicyclic) bond motifs is 1. The number of nitrogens with two attached hydrogens (primary N) is 1. The van der Waals surface area contributed by atoms with E-state index < -0.39 is 0 Å². The summed E-state index contributed by atoms with van der Waals surface area (Å²) in [5.74, 6) is 0.670. The zero-order valence-corrected chi connectivity index (χ0v) is 14.4. The number of nitrogens with zero attached hydrogens (tertiary/aromatic N) is 4. The predicted molar refractivity (Wildman–Crippen MR) is 103 cm³/mol. The third-order valence-electron chi connectivity index (χ3n) is 4.60. The van der Waals surface area contributed by atoms with E-state index in [4.69, 9.17) is 5.73 Å². The second kappa shape index (κ2) is 6.05. The summed E-state index contributed by atoms with van der Waals surface area (Å²) in [7, 11) is 0. The Kier molecular flexibility index (Phi) is 3.53. The Morgan fingerprint density at radius 2 is 1.74 bits per heavy atom. The average molecular weight is 360 g/mol. The molecule has 0 saturated heterocycles. The van der Waals surface area contributed by atoms with Crippen molar-refractivity contribution in [1.82, 2.24) is 19.7 Å². The Bertz CT molecular complexity index is 1120. The molecule has 1 aliphatic rings.